The number of hydrogen-bond donors (Lipinski definition) is 4. The largest absolute Gasteiger partial charge is 0.491 e. The van der Waals surface area contributed by atoms with Gasteiger partial charge in [-0.3, -0.25) is 0 Å². The van der Waals surface area contributed by atoms with Crippen LogP contribution in [-0.2, 0) is 4.74 Å². The van der Waals surface area contributed by atoms with Gasteiger partial charge in [-0.1, -0.05) is 18.2 Å². The maximum Gasteiger partial charge on any atom is 0.345 e. The van der Waals surface area contributed by atoms with Crippen LogP contribution >= 0.6 is 0 Å². The minimum Gasteiger partial charge on any atom is -0.491 e. The van der Waals surface area contributed by atoms with Crippen molar-refractivity contribution in [3.63, 3.8) is 0 Å². The van der Waals surface area contributed by atoms with Crippen molar-refractivity contribution in [2.75, 3.05) is 26.8 Å². The molecule has 1 aromatic heterocycles. The number of benzene rings is 2. The van der Waals surface area contributed by atoms with Gasteiger partial charge in [-0.05, 0) is 57.6 Å². The number of aromatic nitrogens is 1. The highest BCUT2D eigenvalue weighted by atomic mass is 16.7. The highest BCUT2D eigenvalue weighted by Gasteiger charge is 2.27. The third kappa shape index (κ3) is 5.35. The predicted octanol–water partition coefficient (Wildman–Crippen LogP) is 1.68. The van der Waals surface area contributed by atoms with E-state index in [4.69, 9.17) is 24.8 Å². The smallest absolute Gasteiger partial charge is 0.345 e. The molecule has 0 saturated carbocycles. The van der Waals surface area contributed by atoms with Crippen molar-refractivity contribution < 1.29 is 34.7 Å². The van der Waals surface area contributed by atoms with Gasteiger partial charge < -0.3 is 34.5 Å². The van der Waals surface area contributed by atoms with Crippen LogP contribution in [0.3, 0.4) is 0 Å². The van der Waals surface area contributed by atoms with Crippen LogP contribution in [0.4, 0.5) is 0 Å². The van der Waals surface area contributed by atoms with Gasteiger partial charge in [0.15, 0.2) is 0 Å². The number of likely N-dealkylation sites (N-methyl/N-ethyl adjacent to an activating group) is 1. The summed E-state index contributed by atoms with van der Waals surface area (Å²) < 4.78 is 13.0. The van der Waals surface area contributed by atoms with E-state index in [1.807, 2.05) is 48.7 Å². The molecule has 0 aliphatic rings. The van der Waals surface area contributed by atoms with E-state index in [1.165, 1.54) is 7.05 Å². The quantitative estimate of drug-likeness (QED) is 0.282. The van der Waals surface area contributed by atoms with E-state index in [-0.39, 0.29) is 19.8 Å². The van der Waals surface area contributed by atoms with E-state index in [0.29, 0.717) is 16.7 Å². The maximum absolute atomic E-state index is 12.8. The second kappa shape index (κ2) is 9.90. The number of rotatable bonds is 9. The lowest BCUT2D eigenvalue weighted by Crippen LogP contribution is -2.50. The summed E-state index contributed by atoms with van der Waals surface area (Å²) in [6.45, 7) is 5.44. The molecule has 0 radical (unpaired) electrons. The summed E-state index contributed by atoms with van der Waals surface area (Å²) in [5.41, 5.74) is 3.98. The van der Waals surface area contributed by atoms with E-state index in [9.17, 15) is 9.90 Å². The minimum atomic E-state index is -3.04. The van der Waals surface area contributed by atoms with Crippen LogP contribution in [0.2, 0.25) is 0 Å². The van der Waals surface area contributed by atoms with E-state index in [0.717, 1.165) is 27.4 Å². The number of esters is 1. The maximum atomic E-state index is 12.8. The van der Waals surface area contributed by atoms with E-state index < -0.39 is 18.2 Å². The van der Waals surface area contributed by atoms with Crippen molar-refractivity contribution in [2.45, 2.75) is 33.0 Å². The van der Waals surface area contributed by atoms with Gasteiger partial charge in [0.1, 0.15) is 18.5 Å². The Balaban J connectivity index is 1.97. The molecule has 178 valence electrons. The van der Waals surface area contributed by atoms with Crippen molar-refractivity contribution in [1.29, 1.82) is 0 Å². The minimum absolute atomic E-state index is 0.169. The average Bonchev–Trinajstić information content (AvgIpc) is 3.03. The summed E-state index contributed by atoms with van der Waals surface area (Å²) in [6.07, 6.45) is -4.15. The first-order chi connectivity index (χ1) is 15.5. The number of nitrogens with zero attached hydrogens (tertiary/aromatic N) is 2. The van der Waals surface area contributed by atoms with Crippen LogP contribution < -0.4 is 4.74 Å². The van der Waals surface area contributed by atoms with Crippen molar-refractivity contribution in [2.24, 2.45) is 0 Å². The van der Waals surface area contributed by atoms with Gasteiger partial charge in [-0.15, -0.1) is 0 Å². The van der Waals surface area contributed by atoms with Gasteiger partial charge in [0.05, 0.1) is 17.7 Å². The van der Waals surface area contributed by atoms with Crippen molar-refractivity contribution in [3.05, 3.63) is 59.3 Å². The van der Waals surface area contributed by atoms with Crippen LogP contribution in [0.25, 0.3) is 16.6 Å². The Kier molecular flexibility index (Phi) is 7.41. The normalized spacial score (nSPS) is 12.9. The topological polar surface area (TPSA) is 125 Å². The fourth-order valence-electron chi connectivity index (χ4n) is 3.76. The van der Waals surface area contributed by atoms with Crippen LogP contribution in [0.15, 0.2) is 42.5 Å². The SMILES string of the molecule is CCOC(=O)c1c(C)n(-c2ccccc2C)c2ccc(OCC(O)CN(C)C(O)(O)O)cc12. The van der Waals surface area contributed by atoms with Gasteiger partial charge >= 0.3 is 12.1 Å². The number of hydrogen-bond acceptors (Lipinski definition) is 8. The lowest BCUT2D eigenvalue weighted by molar-refractivity contribution is -0.390. The summed E-state index contributed by atoms with van der Waals surface area (Å²) in [7, 11) is 1.23. The summed E-state index contributed by atoms with van der Waals surface area (Å²) in [5, 5.41) is 38.2. The van der Waals surface area contributed by atoms with Gasteiger partial charge in [0, 0.05) is 23.3 Å². The fourth-order valence-corrected chi connectivity index (χ4v) is 3.76. The van der Waals surface area contributed by atoms with Gasteiger partial charge in [-0.2, -0.15) is 0 Å². The zero-order chi connectivity index (χ0) is 24.3. The third-order valence-electron chi connectivity index (χ3n) is 5.45. The second-order valence-corrected chi connectivity index (χ2v) is 7.93. The third-order valence-corrected chi connectivity index (χ3v) is 5.45. The Morgan fingerprint density at radius 3 is 2.48 bits per heavy atom. The van der Waals surface area contributed by atoms with Crippen molar-refractivity contribution in [3.8, 4) is 11.4 Å². The Morgan fingerprint density at radius 1 is 1.15 bits per heavy atom. The van der Waals surface area contributed by atoms with Crippen molar-refractivity contribution in [1.82, 2.24) is 9.47 Å². The molecule has 0 fully saturated rings. The number of carbonyl (C=O) groups excluding carboxylic acids is 1. The molecule has 3 rings (SSSR count). The molecule has 0 spiro atoms. The van der Waals surface area contributed by atoms with Crippen LogP contribution in [0.5, 0.6) is 5.75 Å². The molecule has 4 N–H and O–H groups in total. The molecule has 9 heteroatoms. The molecule has 1 atom stereocenters. The molecule has 0 amide bonds. The molecular formula is C24H30N2O7. The molecule has 0 aliphatic carbocycles. The molecule has 3 aromatic rings. The van der Waals surface area contributed by atoms with Crippen LogP contribution in [0.1, 0.15) is 28.5 Å². The number of aliphatic hydroxyl groups is 4. The van der Waals surface area contributed by atoms with Crippen molar-refractivity contribution >= 4 is 16.9 Å². The lowest BCUT2D eigenvalue weighted by atomic mass is 10.1. The fraction of sp³-hybridized carbons (Fsp3) is 0.375. The molecular weight excluding hydrogens is 428 g/mol. The van der Waals surface area contributed by atoms with Gasteiger partial charge in [-0.25, -0.2) is 9.69 Å². The molecule has 33 heavy (non-hydrogen) atoms. The molecule has 0 saturated heterocycles. The first kappa shape index (κ1) is 24.7. The van der Waals surface area contributed by atoms with E-state index >= 15 is 0 Å². The molecule has 9 nitrogen and oxygen atoms in total. The predicted molar refractivity (Wildman–Crippen MR) is 122 cm³/mol. The van der Waals surface area contributed by atoms with Crippen LogP contribution in [-0.4, -0.2) is 74.9 Å². The average molecular weight is 459 g/mol. The molecule has 0 bridgehead atoms. The lowest BCUT2D eigenvalue weighted by Gasteiger charge is -2.27. The number of aryl methyl sites for hydroxylation is 1. The van der Waals surface area contributed by atoms with Crippen LogP contribution in [0, 0.1) is 13.8 Å². The van der Waals surface area contributed by atoms with Gasteiger partial charge in [0.25, 0.3) is 0 Å². The molecule has 0 aliphatic heterocycles. The molecule has 1 unspecified atom stereocenters. The summed E-state index contributed by atoms with van der Waals surface area (Å²) in [4.78, 5) is 13.6. The van der Waals surface area contributed by atoms with Gasteiger partial charge in [0.2, 0.25) is 0 Å². The Hall–Kier alpha value is -2.95. The van der Waals surface area contributed by atoms with E-state index in [2.05, 4.69) is 0 Å². The standard InChI is InChI=1S/C24H30N2O7/c1-5-32-23(28)22-16(3)26(20-9-7-6-8-15(20)2)21-11-10-18(12-19(21)22)33-14-17(27)13-25(4)24(29,30)31/h6-12,17,27,29-31H,5,13-14H2,1-4H3. The summed E-state index contributed by atoms with van der Waals surface area (Å²) >= 11 is 0. The number of para-hydroxylation sites is 1. The zero-order valence-electron chi connectivity index (χ0n) is 19.1. The highest BCUT2D eigenvalue weighted by molar-refractivity contribution is 6.07. The zero-order valence-corrected chi connectivity index (χ0v) is 19.1. The highest BCUT2D eigenvalue weighted by Crippen LogP contribution is 2.33. The first-order valence-corrected chi connectivity index (χ1v) is 10.6. The Morgan fingerprint density at radius 2 is 1.85 bits per heavy atom. The number of aliphatic hydroxyl groups excluding tert-OH is 1. The summed E-state index contributed by atoms with van der Waals surface area (Å²) in [6, 6.07) is 13.2. The monoisotopic (exact) mass is 458 g/mol. The number of ether oxygens (including phenoxy) is 2. The number of fused-ring (bicyclic) bond motifs is 1. The molecule has 1 heterocycles. The Bertz CT molecular complexity index is 1130. The Labute approximate surface area is 192 Å². The second-order valence-electron chi connectivity index (χ2n) is 7.93. The first-order valence-electron chi connectivity index (χ1n) is 10.6. The molecule has 2 aromatic carbocycles. The summed E-state index contributed by atoms with van der Waals surface area (Å²) in [5.74, 6) is -0.0173. The van der Waals surface area contributed by atoms with E-state index in [1.54, 1.807) is 19.1 Å². The number of carbonyl (C=O) groups is 1.